The number of rotatable bonds is 6. The van der Waals surface area contributed by atoms with Gasteiger partial charge in [0.25, 0.3) is 0 Å². The van der Waals surface area contributed by atoms with Crippen LogP contribution in [-0.4, -0.2) is 65.7 Å². The van der Waals surface area contributed by atoms with Crippen LogP contribution in [0.5, 0.6) is 0 Å². The molecule has 3 saturated heterocycles. The largest absolute Gasteiger partial charge is 0.376 e. The molecule has 4 heterocycles. The lowest BCUT2D eigenvalue weighted by Gasteiger charge is -2.34. The van der Waals surface area contributed by atoms with E-state index in [9.17, 15) is 14.4 Å². The SMILES string of the molecule is Cc1ccc(NC(=O)[C@H]2[C@H]3C=C[C@@]4(O3)[C@H]2C(=O)N(C[C@H]2CCCO2)[C@@H]4C(=O)NC2CCCCC2)cc1. The molecule has 6 rings (SSSR count). The second-order valence-electron chi connectivity index (χ2n) is 11.0. The summed E-state index contributed by atoms with van der Waals surface area (Å²) in [6, 6.07) is 6.89. The maximum absolute atomic E-state index is 14.0. The average Bonchev–Trinajstić information content (AvgIpc) is 3.64. The summed E-state index contributed by atoms with van der Waals surface area (Å²) in [6.45, 7) is 3.00. The van der Waals surface area contributed by atoms with Gasteiger partial charge in [0.05, 0.1) is 24.0 Å². The van der Waals surface area contributed by atoms with Crippen LogP contribution in [0.25, 0.3) is 0 Å². The fraction of sp³-hybridized carbons (Fsp3) is 0.607. The van der Waals surface area contributed by atoms with E-state index >= 15 is 0 Å². The maximum Gasteiger partial charge on any atom is 0.246 e. The highest BCUT2D eigenvalue weighted by Crippen LogP contribution is 2.55. The van der Waals surface area contributed by atoms with Crippen LogP contribution in [0, 0.1) is 18.8 Å². The first-order chi connectivity index (χ1) is 17.5. The minimum absolute atomic E-state index is 0.102. The summed E-state index contributed by atoms with van der Waals surface area (Å²) in [7, 11) is 0. The van der Waals surface area contributed by atoms with E-state index in [4.69, 9.17) is 9.47 Å². The number of carbonyl (C=O) groups excluding carboxylic acids is 3. The van der Waals surface area contributed by atoms with E-state index in [1.54, 1.807) is 4.90 Å². The molecule has 1 aliphatic carbocycles. The Bertz CT molecular complexity index is 1060. The van der Waals surface area contributed by atoms with Crippen LogP contribution >= 0.6 is 0 Å². The fourth-order valence-corrected chi connectivity index (χ4v) is 6.86. The molecule has 6 atom stereocenters. The third-order valence-electron chi connectivity index (χ3n) is 8.62. The Kier molecular flexibility index (Phi) is 6.12. The third kappa shape index (κ3) is 3.95. The Labute approximate surface area is 211 Å². The van der Waals surface area contributed by atoms with E-state index in [0.29, 0.717) is 18.8 Å². The van der Waals surface area contributed by atoms with E-state index in [1.807, 2.05) is 43.3 Å². The van der Waals surface area contributed by atoms with Crippen LogP contribution < -0.4 is 10.6 Å². The molecule has 36 heavy (non-hydrogen) atoms. The van der Waals surface area contributed by atoms with Gasteiger partial charge in [0.15, 0.2) is 0 Å². The summed E-state index contributed by atoms with van der Waals surface area (Å²) in [4.78, 5) is 42.9. The van der Waals surface area contributed by atoms with E-state index < -0.39 is 29.6 Å². The summed E-state index contributed by atoms with van der Waals surface area (Å²) in [5.41, 5.74) is 0.648. The average molecular weight is 494 g/mol. The first-order valence-corrected chi connectivity index (χ1v) is 13.4. The number of ether oxygens (including phenoxy) is 2. The highest BCUT2D eigenvalue weighted by molar-refractivity contribution is 6.02. The lowest BCUT2D eigenvalue weighted by molar-refractivity contribution is -0.143. The monoisotopic (exact) mass is 493 g/mol. The first-order valence-electron chi connectivity index (χ1n) is 13.4. The van der Waals surface area contributed by atoms with Gasteiger partial charge in [0.1, 0.15) is 11.6 Å². The van der Waals surface area contributed by atoms with Crippen molar-refractivity contribution in [1.29, 1.82) is 0 Å². The number of nitrogens with zero attached hydrogens (tertiary/aromatic N) is 1. The second kappa shape index (κ2) is 9.30. The van der Waals surface area contributed by atoms with Crippen LogP contribution in [0.3, 0.4) is 0 Å². The van der Waals surface area contributed by atoms with Gasteiger partial charge in [0.2, 0.25) is 17.7 Å². The lowest BCUT2D eigenvalue weighted by Crippen LogP contribution is -2.57. The van der Waals surface area contributed by atoms with Gasteiger partial charge in [-0.1, -0.05) is 49.1 Å². The molecule has 5 aliphatic rings. The minimum atomic E-state index is -1.13. The van der Waals surface area contributed by atoms with Crippen LogP contribution in [0.4, 0.5) is 5.69 Å². The summed E-state index contributed by atoms with van der Waals surface area (Å²) >= 11 is 0. The van der Waals surface area contributed by atoms with Crippen LogP contribution in [0.15, 0.2) is 36.4 Å². The number of nitrogens with one attached hydrogen (secondary N) is 2. The zero-order valence-corrected chi connectivity index (χ0v) is 20.8. The fourth-order valence-electron chi connectivity index (χ4n) is 6.86. The molecule has 3 amide bonds. The molecule has 2 bridgehead atoms. The van der Waals surface area contributed by atoms with Gasteiger partial charge in [0, 0.05) is 24.9 Å². The van der Waals surface area contributed by atoms with Crippen molar-refractivity contribution in [3.63, 3.8) is 0 Å². The topological polar surface area (TPSA) is 97.0 Å². The number of hydrogen-bond acceptors (Lipinski definition) is 5. The Balaban J connectivity index is 1.29. The minimum Gasteiger partial charge on any atom is -0.376 e. The third-order valence-corrected chi connectivity index (χ3v) is 8.62. The molecule has 8 heteroatoms. The van der Waals surface area contributed by atoms with Crippen LogP contribution in [0.1, 0.15) is 50.5 Å². The molecular formula is C28H35N3O5. The van der Waals surface area contributed by atoms with E-state index in [0.717, 1.165) is 44.1 Å². The molecule has 192 valence electrons. The number of hydrogen-bond donors (Lipinski definition) is 2. The number of likely N-dealkylation sites (tertiary alicyclic amines) is 1. The van der Waals surface area contributed by atoms with Crippen molar-refractivity contribution in [3.8, 4) is 0 Å². The Morgan fingerprint density at radius 2 is 1.83 bits per heavy atom. The summed E-state index contributed by atoms with van der Waals surface area (Å²) < 4.78 is 12.3. The number of benzene rings is 1. The Hall–Kier alpha value is -2.71. The molecule has 0 aromatic heterocycles. The van der Waals surface area contributed by atoms with E-state index in [2.05, 4.69) is 10.6 Å². The van der Waals surface area contributed by atoms with Crippen molar-refractivity contribution in [2.75, 3.05) is 18.5 Å². The number of carbonyl (C=O) groups is 3. The quantitative estimate of drug-likeness (QED) is 0.594. The van der Waals surface area contributed by atoms with Gasteiger partial charge < -0.3 is 25.0 Å². The Morgan fingerprint density at radius 3 is 2.56 bits per heavy atom. The molecule has 4 fully saturated rings. The van der Waals surface area contributed by atoms with Crippen molar-refractivity contribution >= 4 is 23.4 Å². The Morgan fingerprint density at radius 1 is 1.06 bits per heavy atom. The molecule has 1 spiro atoms. The zero-order chi connectivity index (χ0) is 24.9. The molecule has 1 saturated carbocycles. The van der Waals surface area contributed by atoms with Gasteiger partial charge in [-0.3, -0.25) is 14.4 Å². The molecular weight excluding hydrogens is 458 g/mol. The van der Waals surface area contributed by atoms with Crippen molar-refractivity contribution in [1.82, 2.24) is 10.2 Å². The van der Waals surface area contributed by atoms with Crippen molar-refractivity contribution in [3.05, 3.63) is 42.0 Å². The predicted octanol–water partition coefficient (Wildman–Crippen LogP) is 2.71. The van der Waals surface area contributed by atoms with Gasteiger partial charge in [-0.25, -0.2) is 0 Å². The molecule has 1 aromatic carbocycles. The highest BCUT2D eigenvalue weighted by Gasteiger charge is 2.73. The molecule has 4 aliphatic heterocycles. The van der Waals surface area contributed by atoms with Crippen LogP contribution in [-0.2, 0) is 23.9 Å². The standard InChI is InChI=1S/C28H35N3O5/c1-17-9-11-19(12-10-17)29-25(32)22-21-13-14-28(36-21)23(22)27(34)31(16-20-8-5-15-35-20)24(28)26(33)30-18-6-3-2-4-7-18/h9-14,18,20-24H,2-8,15-16H2,1H3,(H,29,32)(H,30,33)/t20-,21-,22+,23-,24-,28-/m1/s1. The lowest BCUT2D eigenvalue weighted by atomic mass is 9.74. The molecule has 0 unspecified atom stereocenters. The smallest absolute Gasteiger partial charge is 0.246 e. The van der Waals surface area contributed by atoms with Crippen molar-refractivity contribution in [2.45, 2.75) is 81.8 Å². The summed E-state index contributed by atoms with van der Waals surface area (Å²) in [6.07, 6.45) is 10.2. The summed E-state index contributed by atoms with van der Waals surface area (Å²) in [5.74, 6) is -2.05. The van der Waals surface area contributed by atoms with E-state index in [-0.39, 0.29) is 29.9 Å². The number of anilines is 1. The molecule has 1 aromatic rings. The van der Waals surface area contributed by atoms with Gasteiger partial charge in [-0.2, -0.15) is 0 Å². The first kappa shape index (κ1) is 23.7. The highest BCUT2D eigenvalue weighted by atomic mass is 16.5. The second-order valence-corrected chi connectivity index (χ2v) is 11.0. The van der Waals surface area contributed by atoms with Gasteiger partial charge >= 0.3 is 0 Å². The van der Waals surface area contributed by atoms with Crippen molar-refractivity contribution < 1.29 is 23.9 Å². The van der Waals surface area contributed by atoms with Crippen LogP contribution in [0.2, 0.25) is 0 Å². The molecule has 0 radical (unpaired) electrons. The number of fused-ring (bicyclic) bond motifs is 1. The van der Waals surface area contributed by atoms with Gasteiger partial charge in [-0.05, 0) is 44.7 Å². The number of amides is 3. The zero-order valence-electron chi connectivity index (χ0n) is 20.8. The maximum atomic E-state index is 14.0. The normalized spacial score (nSPS) is 35.3. The van der Waals surface area contributed by atoms with Gasteiger partial charge in [-0.15, -0.1) is 0 Å². The summed E-state index contributed by atoms with van der Waals surface area (Å²) in [5, 5.41) is 6.20. The number of aryl methyl sites for hydroxylation is 1. The predicted molar refractivity (Wildman–Crippen MR) is 133 cm³/mol. The molecule has 2 N–H and O–H groups in total. The molecule has 8 nitrogen and oxygen atoms in total. The van der Waals surface area contributed by atoms with Crippen molar-refractivity contribution in [2.24, 2.45) is 11.8 Å². The van der Waals surface area contributed by atoms with E-state index in [1.165, 1.54) is 6.42 Å².